The lowest BCUT2D eigenvalue weighted by molar-refractivity contribution is 0.0985. The van der Waals surface area contributed by atoms with Crippen molar-refractivity contribution in [3.05, 3.63) is 78.1 Å². The highest BCUT2D eigenvalue weighted by Gasteiger charge is 2.22. The van der Waals surface area contributed by atoms with Crippen LogP contribution in [0.5, 0.6) is 5.75 Å². The zero-order chi connectivity index (χ0) is 21.8. The lowest BCUT2D eigenvalue weighted by atomic mass is 10.2. The van der Waals surface area contributed by atoms with Crippen LogP contribution in [-0.2, 0) is 6.54 Å². The number of hydrogen-bond acceptors (Lipinski definition) is 6. The molecule has 0 unspecified atom stereocenters. The van der Waals surface area contributed by atoms with E-state index in [9.17, 15) is 4.79 Å². The molecule has 5 nitrogen and oxygen atoms in total. The van der Waals surface area contributed by atoms with Crippen LogP contribution >= 0.6 is 23.1 Å². The van der Waals surface area contributed by atoms with E-state index in [-0.39, 0.29) is 5.91 Å². The first-order chi connectivity index (χ1) is 15.0. The van der Waals surface area contributed by atoms with Crippen LogP contribution in [0.15, 0.2) is 71.9 Å². The van der Waals surface area contributed by atoms with Gasteiger partial charge in [0.2, 0.25) is 0 Å². The maximum atomic E-state index is 13.5. The highest BCUT2D eigenvalue weighted by Crippen LogP contribution is 2.33. The van der Waals surface area contributed by atoms with Crippen LogP contribution < -0.4 is 9.64 Å². The van der Waals surface area contributed by atoms with Gasteiger partial charge in [0.1, 0.15) is 5.75 Å². The number of nitrogens with zero attached hydrogens (tertiary/aromatic N) is 3. The highest BCUT2D eigenvalue weighted by molar-refractivity contribution is 7.99. The molecule has 0 bridgehead atoms. The number of ether oxygens (including phenoxy) is 1. The van der Waals surface area contributed by atoms with E-state index < -0.39 is 0 Å². The molecule has 4 rings (SSSR count). The summed E-state index contributed by atoms with van der Waals surface area (Å²) in [5, 5.41) is 1.15. The average Bonchev–Trinajstić information content (AvgIpc) is 3.20. The first-order valence-corrected chi connectivity index (χ1v) is 11.6. The molecule has 0 fully saturated rings. The van der Waals surface area contributed by atoms with Gasteiger partial charge in [-0.05, 0) is 60.2 Å². The first-order valence-electron chi connectivity index (χ1n) is 9.95. The van der Waals surface area contributed by atoms with Crippen molar-refractivity contribution in [1.82, 2.24) is 9.97 Å². The lowest BCUT2D eigenvalue weighted by Gasteiger charge is -2.20. The van der Waals surface area contributed by atoms with Crippen LogP contribution in [0.2, 0.25) is 0 Å². The fourth-order valence-corrected chi connectivity index (χ4v) is 4.97. The average molecular weight is 450 g/mol. The Morgan fingerprint density at radius 2 is 1.84 bits per heavy atom. The van der Waals surface area contributed by atoms with Crippen LogP contribution in [0.25, 0.3) is 10.2 Å². The van der Waals surface area contributed by atoms with Crippen molar-refractivity contribution in [3.63, 3.8) is 0 Å². The van der Waals surface area contributed by atoms with Crippen molar-refractivity contribution < 1.29 is 9.53 Å². The minimum absolute atomic E-state index is 0.0797. The van der Waals surface area contributed by atoms with Gasteiger partial charge in [0, 0.05) is 28.1 Å². The van der Waals surface area contributed by atoms with E-state index in [4.69, 9.17) is 9.72 Å². The third-order valence-electron chi connectivity index (χ3n) is 4.62. The zero-order valence-electron chi connectivity index (χ0n) is 17.6. The molecule has 2 aromatic carbocycles. The minimum atomic E-state index is -0.0797. The van der Waals surface area contributed by atoms with Crippen molar-refractivity contribution in [2.75, 3.05) is 12.0 Å². The number of amides is 1. The van der Waals surface area contributed by atoms with Gasteiger partial charge in [-0.3, -0.25) is 14.7 Å². The number of rotatable bonds is 7. The largest absolute Gasteiger partial charge is 0.497 e. The van der Waals surface area contributed by atoms with Crippen molar-refractivity contribution in [2.24, 2.45) is 0 Å². The first kappa shape index (κ1) is 21.3. The van der Waals surface area contributed by atoms with Crippen molar-refractivity contribution in [3.8, 4) is 5.75 Å². The Morgan fingerprint density at radius 3 is 2.52 bits per heavy atom. The van der Waals surface area contributed by atoms with Crippen molar-refractivity contribution in [1.29, 1.82) is 0 Å². The summed E-state index contributed by atoms with van der Waals surface area (Å²) >= 11 is 3.26. The summed E-state index contributed by atoms with van der Waals surface area (Å²) in [7, 11) is 1.64. The SMILES string of the molecule is COc1ccc2nc(N(Cc3ccncc3)C(=O)c3ccc(SC(C)C)cc3)sc2c1. The number of aromatic nitrogens is 2. The highest BCUT2D eigenvalue weighted by atomic mass is 32.2. The lowest BCUT2D eigenvalue weighted by Crippen LogP contribution is -2.30. The minimum Gasteiger partial charge on any atom is -0.497 e. The Labute approximate surface area is 190 Å². The Kier molecular flexibility index (Phi) is 6.53. The van der Waals surface area contributed by atoms with Gasteiger partial charge in [0.25, 0.3) is 5.91 Å². The van der Waals surface area contributed by atoms with Gasteiger partial charge in [0.15, 0.2) is 5.13 Å². The predicted octanol–water partition coefficient (Wildman–Crippen LogP) is 6.05. The van der Waals surface area contributed by atoms with E-state index >= 15 is 0 Å². The van der Waals surface area contributed by atoms with Crippen LogP contribution in [0.1, 0.15) is 29.8 Å². The topological polar surface area (TPSA) is 55.3 Å². The number of fused-ring (bicyclic) bond motifs is 1. The van der Waals surface area contributed by atoms with Crippen LogP contribution in [0.4, 0.5) is 5.13 Å². The number of hydrogen-bond donors (Lipinski definition) is 0. The second kappa shape index (κ2) is 9.49. The Bertz CT molecular complexity index is 1170. The monoisotopic (exact) mass is 449 g/mol. The Balaban J connectivity index is 1.69. The fourth-order valence-electron chi connectivity index (χ4n) is 3.14. The molecular weight excluding hydrogens is 426 g/mol. The molecule has 2 heterocycles. The summed E-state index contributed by atoms with van der Waals surface area (Å²) < 4.78 is 6.31. The fraction of sp³-hybridized carbons (Fsp3) is 0.208. The van der Waals surface area contributed by atoms with E-state index in [2.05, 4.69) is 18.8 Å². The second-order valence-corrected chi connectivity index (χ2v) is 9.93. The van der Waals surface area contributed by atoms with Crippen LogP contribution in [0.3, 0.4) is 0 Å². The van der Waals surface area contributed by atoms with E-state index in [1.807, 2.05) is 54.6 Å². The number of thiazole rings is 1. The molecule has 0 aliphatic carbocycles. The molecule has 31 heavy (non-hydrogen) atoms. The Morgan fingerprint density at radius 1 is 1.10 bits per heavy atom. The molecule has 2 aromatic heterocycles. The maximum Gasteiger partial charge on any atom is 0.260 e. The van der Waals surface area contributed by atoms with Crippen molar-refractivity contribution in [2.45, 2.75) is 30.5 Å². The quantitative estimate of drug-likeness (QED) is 0.322. The normalized spacial score (nSPS) is 11.1. The summed E-state index contributed by atoms with van der Waals surface area (Å²) in [6, 6.07) is 17.4. The molecule has 4 aromatic rings. The summed E-state index contributed by atoms with van der Waals surface area (Å²) in [4.78, 5) is 25.2. The summed E-state index contributed by atoms with van der Waals surface area (Å²) in [5.74, 6) is 0.692. The van der Waals surface area contributed by atoms with Crippen LogP contribution in [0, 0.1) is 0 Å². The molecule has 0 N–H and O–H groups in total. The van der Waals surface area contributed by atoms with E-state index in [0.29, 0.717) is 22.5 Å². The third kappa shape index (κ3) is 5.06. The Hall–Kier alpha value is -2.90. The molecule has 0 aliphatic rings. The van der Waals surface area contributed by atoms with Gasteiger partial charge in [-0.25, -0.2) is 4.98 Å². The molecule has 0 aliphatic heterocycles. The number of pyridine rings is 1. The summed E-state index contributed by atoms with van der Waals surface area (Å²) in [6.45, 7) is 4.73. The third-order valence-corrected chi connectivity index (χ3v) is 6.68. The molecule has 1 amide bonds. The molecular formula is C24H23N3O2S2. The van der Waals surface area contributed by atoms with E-state index in [0.717, 1.165) is 26.4 Å². The van der Waals surface area contributed by atoms with Gasteiger partial charge >= 0.3 is 0 Å². The molecule has 0 spiro atoms. The number of carbonyl (C=O) groups is 1. The summed E-state index contributed by atoms with van der Waals surface area (Å²) in [5.41, 5.74) is 2.48. The number of benzene rings is 2. The zero-order valence-corrected chi connectivity index (χ0v) is 19.2. The molecule has 0 saturated carbocycles. The van der Waals surface area contributed by atoms with Gasteiger partial charge < -0.3 is 4.74 Å². The second-order valence-electron chi connectivity index (χ2n) is 7.27. The van der Waals surface area contributed by atoms with Crippen molar-refractivity contribution >= 4 is 44.4 Å². The number of carbonyl (C=O) groups excluding carboxylic acids is 1. The van der Waals surface area contributed by atoms with Gasteiger partial charge in [-0.1, -0.05) is 25.2 Å². The van der Waals surface area contributed by atoms with Gasteiger partial charge in [0.05, 0.1) is 23.9 Å². The van der Waals surface area contributed by atoms with Gasteiger partial charge in [-0.2, -0.15) is 0 Å². The number of thioether (sulfide) groups is 1. The summed E-state index contributed by atoms with van der Waals surface area (Å²) in [6.07, 6.45) is 3.47. The maximum absolute atomic E-state index is 13.5. The number of methoxy groups -OCH3 is 1. The molecule has 0 saturated heterocycles. The van der Waals surface area contributed by atoms with Crippen LogP contribution in [-0.4, -0.2) is 28.2 Å². The number of anilines is 1. The molecule has 0 atom stereocenters. The smallest absolute Gasteiger partial charge is 0.260 e. The predicted molar refractivity (Wildman–Crippen MR) is 128 cm³/mol. The molecule has 7 heteroatoms. The van der Waals surface area contributed by atoms with E-state index in [1.165, 1.54) is 11.3 Å². The molecule has 158 valence electrons. The van der Waals surface area contributed by atoms with Gasteiger partial charge in [-0.15, -0.1) is 11.8 Å². The van der Waals surface area contributed by atoms with E-state index in [1.54, 1.807) is 36.2 Å². The molecule has 0 radical (unpaired) electrons. The standard InChI is InChI=1S/C24H23N3O2S2/c1-16(2)30-20-7-4-18(5-8-20)23(28)27(15-17-10-12-25-13-11-17)24-26-21-9-6-19(29-3)14-22(21)31-24/h4-14,16H,15H2,1-3H3.